The number of nitrogens with one attached hydrogen (secondary N) is 3. The number of allylic oxidation sites excluding steroid dienone is 6. The maximum atomic E-state index is 14.3. The van der Waals surface area contributed by atoms with Crippen molar-refractivity contribution in [3.8, 4) is 0 Å². The van der Waals surface area contributed by atoms with Crippen molar-refractivity contribution in [2.24, 2.45) is 27.4 Å². The summed E-state index contributed by atoms with van der Waals surface area (Å²) in [4.78, 5) is 10.1. The average Bonchev–Trinajstić information content (AvgIpc) is 3.32. The molecule has 0 saturated carbocycles. The molecule has 3 rings (SSSR count). The standard InChI is InChI=1S/C25H34F2N8/c1-17(2)18(11-28)10-23(30)34-24-6-5-21-22(33-24)9-19(14-32-21)20(12-29)13-31-15-25(26,27)16-35-7-3-4-8-35/h5-6,9-14,17,28,32-33H,3-4,7-8,15-16,29H2,1-2H3,(H2,30,34). The highest BCUT2D eigenvalue weighted by Gasteiger charge is 2.32. The normalized spacial score (nSPS) is 20.1. The minimum absolute atomic E-state index is 0.155. The Balaban J connectivity index is 1.66. The van der Waals surface area contributed by atoms with E-state index in [-0.39, 0.29) is 18.3 Å². The van der Waals surface area contributed by atoms with Gasteiger partial charge in [-0.05, 0) is 61.7 Å². The molecule has 0 aromatic rings. The molecular formula is C25H34F2N8. The van der Waals surface area contributed by atoms with E-state index in [2.05, 4.69) is 20.6 Å². The van der Waals surface area contributed by atoms with Crippen LogP contribution in [0.1, 0.15) is 26.7 Å². The molecule has 7 N–H and O–H groups in total. The lowest BCUT2D eigenvalue weighted by molar-refractivity contribution is -0.0174. The third-order valence-corrected chi connectivity index (χ3v) is 5.76. The van der Waals surface area contributed by atoms with Crippen LogP contribution >= 0.6 is 0 Å². The first kappa shape index (κ1) is 26.1. The second kappa shape index (κ2) is 11.7. The summed E-state index contributed by atoms with van der Waals surface area (Å²) >= 11 is 0. The van der Waals surface area contributed by atoms with Crippen molar-refractivity contribution in [3.05, 3.63) is 70.6 Å². The Labute approximate surface area is 205 Å². The summed E-state index contributed by atoms with van der Waals surface area (Å²) in [5.41, 5.74) is 15.3. The molecule has 3 aliphatic rings. The van der Waals surface area contributed by atoms with E-state index < -0.39 is 12.5 Å². The number of nitrogens with two attached hydrogens (primary N) is 2. The molecule has 188 valence electrons. The summed E-state index contributed by atoms with van der Waals surface area (Å²) < 4.78 is 28.6. The molecule has 10 heteroatoms. The van der Waals surface area contributed by atoms with Crippen molar-refractivity contribution in [1.82, 2.24) is 15.5 Å². The van der Waals surface area contributed by atoms with Crippen molar-refractivity contribution in [2.75, 3.05) is 26.2 Å². The van der Waals surface area contributed by atoms with Gasteiger partial charge in [0, 0.05) is 36.0 Å². The van der Waals surface area contributed by atoms with Crippen LogP contribution < -0.4 is 22.1 Å². The van der Waals surface area contributed by atoms with Crippen LogP contribution in [0.4, 0.5) is 8.78 Å². The van der Waals surface area contributed by atoms with Gasteiger partial charge in [0.15, 0.2) is 0 Å². The minimum atomic E-state index is -2.89. The summed E-state index contributed by atoms with van der Waals surface area (Å²) in [6.45, 7) is 4.52. The van der Waals surface area contributed by atoms with Gasteiger partial charge in [-0.15, -0.1) is 0 Å². The molecule has 0 aliphatic carbocycles. The van der Waals surface area contributed by atoms with E-state index in [0.717, 1.165) is 29.8 Å². The van der Waals surface area contributed by atoms with Crippen LogP contribution in [0.15, 0.2) is 80.6 Å². The fourth-order valence-electron chi connectivity index (χ4n) is 3.85. The number of rotatable bonds is 10. The SMILES string of the molecule is CC(C)C(C=N)=CC(N)=NC1=CC=C2NC=C(C(C=NCC(F)(F)CN3CCCC3)=CN)C=C2N1. The van der Waals surface area contributed by atoms with Gasteiger partial charge < -0.3 is 27.5 Å². The van der Waals surface area contributed by atoms with Gasteiger partial charge in [-0.1, -0.05) is 13.8 Å². The molecule has 0 aromatic carbocycles. The first-order valence-electron chi connectivity index (χ1n) is 11.7. The molecular weight excluding hydrogens is 450 g/mol. The molecule has 1 saturated heterocycles. The number of hydrogen-bond acceptors (Lipinski definition) is 7. The molecule has 0 unspecified atom stereocenters. The van der Waals surface area contributed by atoms with E-state index in [4.69, 9.17) is 16.9 Å². The highest BCUT2D eigenvalue weighted by Crippen LogP contribution is 2.23. The van der Waals surface area contributed by atoms with E-state index in [9.17, 15) is 8.78 Å². The third kappa shape index (κ3) is 7.48. The van der Waals surface area contributed by atoms with Crippen molar-refractivity contribution in [1.29, 1.82) is 5.41 Å². The van der Waals surface area contributed by atoms with Gasteiger partial charge in [0.05, 0.1) is 17.9 Å². The molecule has 0 aromatic heterocycles. The van der Waals surface area contributed by atoms with Gasteiger partial charge in [-0.2, -0.15) is 0 Å². The molecule has 0 spiro atoms. The molecule has 0 atom stereocenters. The highest BCUT2D eigenvalue weighted by atomic mass is 19.3. The second-order valence-electron chi connectivity index (χ2n) is 8.97. The van der Waals surface area contributed by atoms with Crippen LogP contribution in [0.3, 0.4) is 0 Å². The molecule has 0 bridgehead atoms. The van der Waals surface area contributed by atoms with Gasteiger partial charge >= 0.3 is 0 Å². The number of alkyl halides is 2. The molecule has 8 nitrogen and oxygen atoms in total. The smallest absolute Gasteiger partial charge is 0.279 e. The van der Waals surface area contributed by atoms with Crippen LogP contribution in [-0.4, -0.2) is 55.3 Å². The van der Waals surface area contributed by atoms with Crippen LogP contribution in [0.5, 0.6) is 0 Å². The van der Waals surface area contributed by atoms with E-state index in [1.807, 2.05) is 26.0 Å². The zero-order valence-corrected chi connectivity index (χ0v) is 20.2. The minimum Gasteiger partial charge on any atom is -0.404 e. The van der Waals surface area contributed by atoms with Crippen LogP contribution in [0, 0.1) is 11.3 Å². The lowest BCUT2D eigenvalue weighted by Crippen LogP contribution is -2.37. The topological polar surface area (TPSA) is 128 Å². The molecule has 3 aliphatic heterocycles. The molecule has 3 heterocycles. The second-order valence-corrected chi connectivity index (χ2v) is 8.97. The number of nitrogens with zero attached hydrogens (tertiary/aromatic N) is 3. The predicted octanol–water partition coefficient (Wildman–Crippen LogP) is 2.92. The van der Waals surface area contributed by atoms with E-state index in [1.165, 1.54) is 18.6 Å². The van der Waals surface area contributed by atoms with E-state index >= 15 is 0 Å². The van der Waals surface area contributed by atoms with Crippen LogP contribution in [0.25, 0.3) is 0 Å². The summed E-state index contributed by atoms with van der Waals surface area (Å²) in [7, 11) is 0. The summed E-state index contributed by atoms with van der Waals surface area (Å²) in [5, 5.41) is 13.9. The van der Waals surface area contributed by atoms with Gasteiger partial charge in [0.1, 0.15) is 18.2 Å². The number of hydrogen-bond donors (Lipinski definition) is 5. The molecule has 0 amide bonds. The Morgan fingerprint density at radius 1 is 1.26 bits per heavy atom. The van der Waals surface area contributed by atoms with Crippen molar-refractivity contribution >= 4 is 18.3 Å². The number of dihydropyridines is 2. The lowest BCUT2D eigenvalue weighted by atomic mass is 10.0. The Bertz CT molecular complexity index is 1050. The number of amidine groups is 1. The zero-order chi connectivity index (χ0) is 25.4. The highest BCUT2D eigenvalue weighted by molar-refractivity contribution is 5.97. The van der Waals surface area contributed by atoms with Crippen molar-refractivity contribution in [3.63, 3.8) is 0 Å². The molecule has 1 fully saturated rings. The van der Waals surface area contributed by atoms with E-state index in [0.29, 0.717) is 30.1 Å². The lowest BCUT2D eigenvalue weighted by Gasteiger charge is -2.23. The number of halogens is 2. The fraction of sp³-hybridized carbons (Fsp3) is 0.400. The number of aliphatic imine (C=N–C) groups is 2. The quantitative estimate of drug-likeness (QED) is 0.241. The van der Waals surface area contributed by atoms with Crippen LogP contribution in [-0.2, 0) is 0 Å². The monoisotopic (exact) mass is 484 g/mol. The van der Waals surface area contributed by atoms with Gasteiger partial charge in [0.25, 0.3) is 5.92 Å². The molecule has 35 heavy (non-hydrogen) atoms. The Morgan fingerprint density at radius 2 is 2.00 bits per heavy atom. The van der Waals surface area contributed by atoms with E-state index in [1.54, 1.807) is 23.3 Å². The Kier molecular flexibility index (Phi) is 8.75. The maximum Gasteiger partial charge on any atom is 0.279 e. The van der Waals surface area contributed by atoms with Gasteiger partial charge in [-0.25, -0.2) is 13.8 Å². The van der Waals surface area contributed by atoms with Gasteiger partial charge in [0.2, 0.25) is 0 Å². The van der Waals surface area contributed by atoms with Crippen molar-refractivity contribution in [2.45, 2.75) is 32.6 Å². The maximum absolute atomic E-state index is 14.3. The Morgan fingerprint density at radius 3 is 2.66 bits per heavy atom. The summed E-state index contributed by atoms with van der Waals surface area (Å²) in [6.07, 6.45) is 14.8. The first-order chi connectivity index (χ1) is 16.7. The average molecular weight is 485 g/mol. The van der Waals surface area contributed by atoms with Gasteiger partial charge in [-0.3, -0.25) is 9.89 Å². The summed E-state index contributed by atoms with van der Waals surface area (Å²) in [5.74, 6) is -1.93. The predicted molar refractivity (Wildman–Crippen MR) is 138 cm³/mol. The first-order valence-corrected chi connectivity index (χ1v) is 11.7. The largest absolute Gasteiger partial charge is 0.404 e. The van der Waals surface area contributed by atoms with Crippen LogP contribution in [0.2, 0.25) is 0 Å². The van der Waals surface area contributed by atoms with Crippen molar-refractivity contribution < 1.29 is 8.78 Å². The third-order valence-electron chi connectivity index (χ3n) is 5.76. The fourth-order valence-corrected chi connectivity index (χ4v) is 3.85. The number of fused-ring (bicyclic) bond motifs is 1. The summed E-state index contributed by atoms with van der Waals surface area (Å²) in [6, 6.07) is 0. The number of likely N-dealkylation sites (tertiary alicyclic amines) is 1. The zero-order valence-electron chi connectivity index (χ0n) is 20.2. The molecule has 0 radical (unpaired) electrons. The Hall–Kier alpha value is -3.53.